The molecule has 0 unspecified atom stereocenters. The first kappa shape index (κ1) is 33.3. The Balaban J connectivity index is 1.62. The van der Waals surface area contributed by atoms with Crippen molar-refractivity contribution in [3.05, 3.63) is 173 Å². The van der Waals surface area contributed by atoms with Gasteiger partial charge in [0, 0.05) is 5.69 Å². The number of hydrogen-bond acceptors (Lipinski definition) is 5. The number of aromatic nitrogens is 1. The quantitative estimate of drug-likeness (QED) is 0.139. The Morgan fingerprint density at radius 1 is 0.531 bits per heavy atom. The molecule has 6 aromatic rings. The zero-order valence-corrected chi connectivity index (χ0v) is 28.6. The molecule has 0 aliphatic heterocycles. The highest BCUT2D eigenvalue weighted by Crippen LogP contribution is 2.37. The van der Waals surface area contributed by atoms with Crippen LogP contribution in [0.2, 0.25) is 0 Å². The highest BCUT2D eigenvalue weighted by molar-refractivity contribution is 7.93. The molecular weight excluding hydrogens is 653 g/mol. The van der Waals surface area contributed by atoms with Crippen molar-refractivity contribution in [2.75, 3.05) is 8.61 Å². The minimum Gasteiger partial charge on any atom is -0.281 e. The van der Waals surface area contributed by atoms with Crippen molar-refractivity contribution in [1.29, 1.82) is 5.26 Å². The van der Waals surface area contributed by atoms with E-state index < -0.39 is 20.0 Å². The van der Waals surface area contributed by atoms with Crippen LogP contribution in [-0.2, 0) is 33.1 Å². The molecule has 6 rings (SSSR count). The summed E-state index contributed by atoms with van der Waals surface area (Å²) in [6.45, 7) is 3.72. The number of aryl methyl sites for hydroxylation is 2. The van der Waals surface area contributed by atoms with Crippen LogP contribution >= 0.6 is 0 Å². The molecule has 0 amide bonds. The summed E-state index contributed by atoms with van der Waals surface area (Å²) >= 11 is 0. The summed E-state index contributed by atoms with van der Waals surface area (Å²) in [4.78, 5) is 0.188. The van der Waals surface area contributed by atoms with Gasteiger partial charge in [-0.2, -0.15) is 5.26 Å². The van der Waals surface area contributed by atoms with Gasteiger partial charge in [-0.3, -0.25) is 4.57 Å². The third-order valence-electron chi connectivity index (χ3n) is 8.16. The van der Waals surface area contributed by atoms with E-state index in [9.17, 15) is 22.1 Å². The summed E-state index contributed by atoms with van der Waals surface area (Å²) < 4.78 is 62.6. The number of nitrogens with zero attached hydrogens (tertiary/aromatic N) is 4. The second-order valence-electron chi connectivity index (χ2n) is 11.7. The van der Waals surface area contributed by atoms with Crippen molar-refractivity contribution in [3.63, 3.8) is 0 Å². The summed E-state index contributed by atoms with van der Waals surface area (Å²) in [6, 6.07) is 43.7. The lowest BCUT2D eigenvalue weighted by molar-refractivity contribution is 0.589. The first-order valence-electron chi connectivity index (χ1n) is 15.6. The largest absolute Gasteiger partial charge is 0.281 e. The zero-order valence-electron chi connectivity index (χ0n) is 27.0. The Labute approximate surface area is 287 Å². The highest BCUT2D eigenvalue weighted by Gasteiger charge is 2.33. The van der Waals surface area contributed by atoms with E-state index >= 15 is 0 Å². The van der Waals surface area contributed by atoms with Gasteiger partial charge in [-0.05, 0) is 85.6 Å². The van der Waals surface area contributed by atoms with Crippen molar-refractivity contribution < 1.29 is 16.8 Å². The number of benzene rings is 5. The molecular formula is C39H34N4O4S2. The van der Waals surface area contributed by atoms with Crippen molar-refractivity contribution >= 4 is 31.7 Å². The summed E-state index contributed by atoms with van der Waals surface area (Å²) in [5.74, 6) is 0.447. The smallest absolute Gasteiger partial charge is 0.265 e. The minimum atomic E-state index is -4.18. The van der Waals surface area contributed by atoms with E-state index in [0.29, 0.717) is 11.3 Å². The Morgan fingerprint density at radius 2 is 0.918 bits per heavy atom. The third kappa shape index (κ3) is 6.99. The average Bonchev–Trinajstić information content (AvgIpc) is 3.54. The normalized spacial score (nSPS) is 11.5. The fraction of sp³-hybridized carbons (Fsp3) is 0.103. The van der Waals surface area contributed by atoms with E-state index in [-0.39, 0.29) is 34.5 Å². The van der Waals surface area contributed by atoms with Gasteiger partial charge in [-0.15, -0.1) is 0 Å². The van der Waals surface area contributed by atoms with Gasteiger partial charge in [0.1, 0.15) is 11.6 Å². The molecule has 0 fully saturated rings. The van der Waals surface area contributed by atoms with Crippen LogP contribution in [0.15, 0.2) is 155 Å². The molecule has 0 N–H and O–H groups in total. The Hall–Kier alpha value is -5.63. The summed E-state index contributed by atoms with van der Waals surface area (Å²) in [7, 11) is -8.37. The van der Waals surface area contributed by atoms with Gasteiger partial charge < -0.3 is 0 Å². The van der Waals surface area contributed by atoms with Crippen LogP contribution in [0.5, 0.6) is 0 Å². The molecule has 0 saturated carbocycles. The fourth-order valence-electron chi connectivity index (χ4n) is 5.51. The van der Waals surface area contributed by atoms with Gasteiger partial charge in [-0.1, -0.05) is 96.1 Å². The van der Waals surface area contributed by atoms with E-state index in [1.807, 2.05) is 74.5 Å². The molecule has 1 heterocycles. The Kier molecular flexibility index (Phi) is 9.40. The molecule has 49 heavy (non-hydrogen) atoms. The van der Waals surface area contributed by atoms with Gasteiger partial charge in [0.15, 0.2) is 0 Å². The summed E-state index contributed by atoms with van der Waals surface area (Å²) in [5.41, 5.74) is 4.18. The van der Waals surface area contributed by atoms with Crippen molar-refractivity contribution in [2.24, 2.45) is 0 Å². The lowest BCUT2D eigenvalue weighted by atomic mass is 10.2. The van der Waals surface area contributed by atoms with Crippen LogP contribution in [0.1, 0.15) is 27.8 Å². The maximum atomic E-state index is 14.6. The molecule has 0 atom stereocenters. The number of nitriles is 1. The molecule has 5 aromatic carbocycles. The van der Waals surface area contributed by atoms with Crippen molar-refractivity contribution in [1.82, 2.24) is 4.57 Å². The molecule has 0 saturated heterocycles. The molecule has 8 nitrogen and oxygen atoms in total. The highest BCUT2D eigenvalue weighted by atomic mass is 32.2. The van der Waals surface area contributed by atoms with Crippen molar-refractivity contribution in [2.45, 2.75) is 36.7 Å². The SMILES string of the molecule is Cc1ccc(S(=O)(=O)N(Cc2ccccc2)c2ccc(N(Cc3ccccc3)S(=O)(=O)c3ccc(C)cc3)n2-c2ccc(C#N)cc2)cc1. The molecule has 0 aliphatic rings. The lowest BCUT2D eigenvalue weighted by Gasteiger charge is -2.30. The first-order valence-corrected chi connectivity index (χ1v) is 18.4. The first-order chi connectivity index (χ1) is 23.6. The molecule has 0 spiro atoms. The van der Waals surface area contributed by atoms with E-state index in [1.165, 1.54) is 8.61 Å². The molecule has 10 heteroatoms. The van der Waals surface area contributed by atoms with Crippen LogP contribution in [0.3, 0.4) is 0 Å². The standard InChI is InChI=1S/C39H34N4O4S2/c1-30-13-21-36(22-14-30)48(44,45)41(28-33-9-5-3-6-10-33)38-25-26-39(43(38)35-19-17-32(27-40)18-20-35)42(29-34-11-7-4-8-12-34)49(46,47)37-23-15-31(2)16-24-37/h3-26H,28-29H2,1-2H3. The van der Waals surface area contributed by atoms with E-state index in [4.69, 9.17) is 0 Å². The van der Waals surface area contributed by atoms with E-state index in [0.717, 1.165) is 22.3 Å². The maximum Gasteiger partial charge on any atom is 0.265 e. The number of hydrogen-bond donors (Lipinski definition) is 0. The predicted molar refractivity (Wildman–Crippen MR) is 192 cm³/mol. The van der Waals surface area contributed by atoms with Gasteiger partial charge >= 0.3 is 0 Å². The van der Waals surface area contributed by atoms with Crippen molar-refractivity contribution in [3.8, 4) is 11.8 Å². The topological polar surface area (TPSA) is 103 Å². The average molecular weight is 687 g/mol. The number of rotatable bonds is 11. The Bertz CT molecular complexity index is 2180. The maximum absolute atomic E-state index is 14.6. The number of anilines is 2. The molecule has 246 valence electrons. The van der Waals surface area contributed by atoms with Crippen LogP contribution in [0.4, 0.5) is 11.6 Å². The van der Waals surface area contributed by atoms with E-state index in [2.05, 4.69) is 6.07 Å². The van der Waals surface area contributed by atoms with E-state index in [1.54, 1.807) is 89.5 Å². The Morgan fingerprint density at radius 3 is 1.29 bits per heavy atom. The van der Waals surface area contributed by atoms with Crippen LogP contribution in [0, 0.1) is 25.2 Å². The summed E-state index contributed by atoms with van der Waals surface area (Å²) in [6.07, 6.45) is 0. The fourth-order valence-corrected chi connectivity index (χ4v) is 8.39. The zero-order chi connectivity index (χ0) is 34.6. The number of sulfonamides is 2. The molecule has 0 radical (unpaired) electrons. The third-order valence-corrected chi connectivity index (χ3v) is 11.7. The predicted octanol–water partition coefficient (Wildman–Crippen LogP) is 7.76. The van der Waals surface area contributed by atoms with Gasteiger partial charge in [0.05, 0.1) is 34.5 Å². The van der Waals surface area contributed by atoms with Crippen LogP contribution < -0.4 is 8.61 Å². The van der Waals surface area contributed by atoms with Gasteiger partial charge in [0.25, 0.3) is 20.0 Å². The minimum absolute atomic E-state index is 0.0276. The molecule has 0 bridgehead atoms. The van der Waals surface area contributed by atoms with Crippen LogP contribution in [0.25, 0.3) is 5.69 Å². The molecule has 1 aromatic heterocycles. The van der Waals surface area contributed by atoms with Gasteiger partial charge in [-0.25, -0.2) is 25.4 Å². The van der Waals surface area contributed by atoms with Gasteiger partial charge in [0.2, 0.25) is 0 Å². The summed E-state index contributed by atoms with van der Waals surface area (Å²) in [5, 5.41) is 9.55. The second-order valence-corrected chi connectivity index (χ2v) is 15.4. The second kappa shape index (κ2) is 13.8. The monoisotopic (exact) mass is 686 g/mol. The lowest BCUT2D eigenvalue weighted by Crippen LogP contribution is -2.35. The molecule has 0 aliphatic carbocycles. The van der Waals surface area contributed by atoms with Crippen LogP contribution in [-0.4, -0.2) is 21.4 Å².